The van der Waals surface area contributed by atoms with Crippen LogP contribution in [0.5, 0.6) is 0 Å². The van der Waals surface area contributed by atoms with Crippen molar-refractivity contribution < 1.29 is 0 Å². The van der Waals surface area contributed by atoms with Crippen LogP contribution in [-0.2, 0) is 6.42 Å². The summed E-state index contributed by atoms with van der Waals surface area (Å²) in [5.41, 5.74) is 1.13. The SMILES string of the molecule is Brc1ccc(-c2cnc(CC3CCCNC3)[nH]2)s1. The van der Waals surface area contributed by atoms with E-state index in [0.29, 0.717) is 0 Å². The highest BCUT2D eigenvalue weighted by Gasteiger charge is 2.15. The highest BCUT2D eigenvalue weighted by atomic mass is 79.9. The molecule has 1 saturated heterocycles. The Morgan fingerprint density at radius 3 is 3.11 bits per heavy atom. The zero-order valence-corrected chi connectivity index (χ0v) is 12.5. The van der Waals surface area contributed by atoms with Gasteiger partial charge < -0.3 is 10.3 Å². The molecule has 0 spiro atoms. The maximum Gasteiger partial charge on any atom is 0.106 e. The molecule has 0 amide bonds. The Morgan fingerprint density at radius 2 is 2.39 bits per heavy atom. The van der Waals surface area contributed by atoms with Crippen molar-refractivity contribution in [2.75, 3.05) is 13.1 Å². The molecule has 0 bridgehead atoms. The smallest absolute Gasteiger partial charge is 0.106 e. The first-order valence-corrected chi connectivity index (χ1v) is 7.92. The molecule has 1 aliphatic rings. The van der Waals surface area contributed by atoms with E-state index in [4.69, 9.17) is 0 Å². The van der Waals surface area contributed by atoms with Gasteiger partial charge in [0, 0.05) is 6.42 Å². The lowest BCUT2D eigenvalue weighted by Crippen LogP contribution is -2.31. The van der Waals surface area contributed by atoms with Gasteiger partial charge >= 0.3 is 0 Å². The van der Waals surface area contributed by atoms with Crippen molar-refractivity contribution >= 4 is 27.3 Å². The number of piperidine rings is 1. The molecule has 18 heavy (non-hydrogen) atoms. The number of imidazole rings is 1. The Kier molecular flexibility index (Phi) is 3.82. The van der Waals surface area contributed by atoms with Gasteiger partial charge in [0.1, 0.15) is 5.82 Å². The van der Waals surface area contributed by atoms with Gasteiger partial charge in [0.05, 0.1) is 20.6 Å². The first-order chi connectivity index (χ1) is 8.81. The number of nitrogens with one attached hydrogen (secondary N) is 2. The summed E-state index contributed by atoms with van der Waals surface area (Å²) in [6, 6.07) is 4.19. The molecule has 1 unspecified atom stereocenters. The largest absolute Gasteiger partial charge is 0.341 e. The molecule has 2 aromatic heterocycles. The lowest BCUT2D eigenvalue weighted by Gasteiger charge is -2.21. The topological polar surface area (TPSA) is 40.7 Å². The van der Waals surface area contributed by atoms with Crippen LogP contribution in [0.1, 0.15) is 18.7 Å². The van der Waals surface area contributed by atoms with Gasteiger partial charge in [-0.2, -0.15) is 0 Å². The van der Waals surface area contributed by atoms with Crippen LogP contribution in [-0.4, -0.2) is 23.1 Å². The van der Waals surface area contributed by atoms with Crippen molar-refractivity contribution in [1.29, 1.82) is 0 Å². The van der Waals surface area contributed by atoms with E-state index in [-0.39, 0.29) is 0 Å². The lowest BCUT2D eigenvalue weighted by molar-refractivity contribution is 0.371. The second-order valence-corrected chi connectivity index (χ2v) is 7.23. The number of hydrogen-bond acceptors (Lipinski definition) is 3. The molecule has 3 nitrogen and oxygen atoms in total. The number of aromatic nitrogens is 2. The molecule has 1 atom stereocenters. The molecule has 0 aliphatic carbocycles. The second-order valence-electron chi connectivity index (χ2n) is 4.76. The summed E-state index contributed by atoms with van der Waals surface area (Å²) in [7, 11) is 0. The summed E-state index contributed by atoms with van der Waals surface area (Å²) < 4.78 is 1.16. The molecule has 2 N–H and O–H groups in total. The normalized spacial score (nSPS) is 20.2. The van der Waals surface area contributed by atoms with E-state index in [1.807, 2.05) is 6.20 Å². The molecule has 3 rings (SSSR count). The number of H-pyrrole nitrogens is 1. The zero-order valence-electron chi connectivity index (χ0n) is 10.1. The molecule has 1 fully saturated rings. The van der Waals surface area contributed by atoms with Gasteiger partial charge in [0.2, 0.25) is 0 Å². The minimum atomic E-state index is 0.729. The Balaban J connectivity index is 1.69. The third kappa shape index (κ3) is 2.84. The lowest BCUT2D eigenvalue weighted by atomic mass is 9.96. The summed E-state index contributed by atoms with van der Waals surface area (Å²) in [5.74, 6) is 1.84. The quantitative estimate of drug-likeness (QED) is 0.907. The number of thiophene rings is 1. The molecule has 0 aromatic carbocycles. The molecule has 0 saturated carbocycles. The highest BCUT2D eigenvalue weighted by molar-refractivity contribution is 9.11. The van der Waals surface area contributed by atoms with Crippen LogP contribution in [0.15, 0.2) is 22.1 Å². The van der Waals surface area contributed by atoms with Crippen molar-refractivity contribution in [3.05, 3.63) is 27.9 Å². The van der Waals surface area contributed by atoms with Crippen LogP contribution in [0.25, 0.3) is 10.6 Å². The van der Waals surface area contributed by atoms with E-state index in [0.717, 1.165) is 34.2 Å². The molecular formula is C13H16BrN3S. The number of aromatic amines is 1. The molecule has 0 radical (unpaired) electrons. The van der Waals surface area contributed by atoms with Gasteiger partial charge in [-0.3, -0.25) is 0 Å². The van der Waals surface area contributed by atoms with Crippen LogP contribution in [0.3, 0.4) is 0 Å². The average molecular weight is 326 g/mol. The monoisotopic (exact) mass is 325 g/mol. The Hall–Kier alpha value is -0.650. The third-order valence-electron chi connectivity index (χ3n) is 3.35. The number of hydrogen-bond donors (Lipinski definition) is 2. The molecule has 96 valence electrons. The molecule has 5 heteroatoms. The van der Waals surface area contributed by atoms with Gasteiger partial charge in [-0.05, 0) is 59.9 Å². The second kappa shape index (κ2) is 5.55. The van der Waals surface area contributed by atoms with Crippen molar-refractivity contribution in [1.82, 2.24) is 15.3 Å². The van der Waals surface area contributed by atoms with Crippen LogP contribution in [0.2, 0.25) is 0 Å². The van der Waals surface area contributed by atoms with Gasteiger partial charge in [-0.1, -0.05) is 0 Å². The van der Waals surface area contributed by atoms with Gasteiger partial charge in [0.25, 0.3) is 0 Å². The fourth-order valence-corrected chi connectivity index (χ4v) is 3.77. The van der Waals surface area contributed by atoms with E-state index in [1.165, 1.54) is 24.3 Å². The molecule has 1 aliphatic heterocycles. The predicted octanol–water partition coefficient (Wildman–Crippen LogP) is 3.44. The zero-order chi connectivity index (χ0) is 12.4. The highest BCUT2D eigenvalue weighted by Crippen LogP contribution is 2.30. The number of nitrogens with zero attached hydrogens (tertiary/aromatic N) is 1. The van der Waals surface area contributed by atoms with Crippen LogP contribution in [0, 0.1) is 5.92 Å². The van der Waals surface area contributed by atoms with Crippen molar-refractivity contribution in [3.8, 4) is 10.6 Å². The maximum absolute atomic E-state index is 4.50. The molecule has 3 heterocycles. The van der Waals surface area contributed by atoms with Crippen LogP contribution < -0.4 is 5.32 Å². The summed E-state index contributed by atoms with van der Waals surface area (Å²) in [4.78, 5) is 9.18. The fourth-order valence-electron chi connectivity index (χ4n) is 2.42. The summed E-state index contributed by atoms with van der Waals surface area (Å²) in [6.45, 7) is 2.30. The molecular weight excluding hydrogens is 310 g/mol. The van der Waals surface area contributed by atoms with E-state index in [1.54, 1.807) is 11.3 Å². The third-order valence-corrected chi connectivity index (χ3v) is 5.01. The van der Waals surface area contributed by atoms with E-state index in [2.05, 4.69) is 43.3 Å². The van der Waals surface area contributed by atoms with Gasteiger partial charge in [-0.25, -0.2) is 4.98 Å². The van der Waals surface area contributed by atoms with E-state index in [9.17, 15) is 0 Å². The van der Waals surface area contributed by atoms with Crippen molar-refractivity contribution in [2.24, 2.45) is 5.92 Å². The van der Waals surface area contributed by atoms with E-state index >= 15 is 0 Å². The summed E-state index contributed by atoms with van der Waals surface area (Å²) >= 11 is 5.23. The van der Waals surface area contributed by atoms with Gasteiger partial charge in [-0.15, -0.1) is 11.3 Å². The van der Waals surface area contributed by atoms with E-state index < -0.39 is 0 Å². The van der Waals surface area contributed by atoms with Crippen LogP contribution >= 0.6 is 27.3 Å². The predicted molar refractivity (Wildman–Crippen MR) is 78.9 cm³/mol. The number of rotatable bonds is 3. The first-order valence-electron chi connectivity index (χ1n) is 6.31. The van der Waals surface area contributed by atoms with Crippen molar-refractivity contribution in [2.45, 2.75) is 19.3 Å². The molecule has 2 aromatic rings. The number of halogens is 1. The Labute approximate surface area is 119 Å². The Morgan fingerprint density at radius 1 is 1.44 bits per heavy atom. The average Bonchev–Trinajstić information content (AvgIpc) is 2.99. The van der Waals surface area contributed by atoms with Crippen molar-refractivity contribution in [3.63, 3.8) is 0 Å². The standard InChI is InChI=1S/C13H16BrN3S/c14-12-4-3-11(18-12)10-8-16-13(17-10)6-9-2-1-5-15-7-9/h3-4,8-9,15H,1-2,5-7H2,(H,16,17). The first kappa shape index (κ1) is 12.4. The Bertz CT molecular complexity index is 514. The maximum atomic E-state index is 4.50. The fraction of sp³-hybridized carbons (Fsp3) is 0.462. The minimum absolute atomic E-state index is 0.729. The minimum Gasteiger partial charge on any atom is -0.341 e. The summed E-state index contributed by atoms with van der Waals surface area (Å²) in [5, 5.41) is 3.45. The summed E-state index contributed by atoms with van der Waals surface area (Å²) in [6.07, 6.45) is 5.60. The van der Waals surface area contributed by atoms with Crippen LogP contribution in [0.4, 0.5) is 0 Å². The van der Waals surface area contributed by atoms with Gasteiger partial charge in [0.15, 0.2) is 0 Å².